The van der Waals surface area contributed by atoms with Gasteiger partial charge >= 0.3 is 8.60 Å². The Morgan fingerprint density at radius 3 is 1.50 bits per heavy atom. The van der Waals surface area contributed by atoms with E-state index in [0.717, 1.165) is 30.7 Å². The van der Waals surface area contributed by atoms with Crippen LogP contribution in [-0.2, 0) is 9.05 Å². The van der Waals surface area contributed by atoms with Gasteiger partial charge in [-0.05, 0) is 71.8 Å². The number of halogens is 2. The third kappa shape index (κ3) is 4.67. The minimum atomic E-state index is -2.50. The molecule has 178 valence electrons. The van der Waals surface area contributed by atoms with Crippen LogP contribution < -0.4 is 0 Å². The van der Waals surface area contributed by atoms with E-state index < -0.39 is 20.2 Å². The second-order valence-electron chi connectivity index (χ2n) is 8.00. The first-order valence-corrected chi connectivity index (χ1v) is 13.7. The van der Waals surface area contributed by atoms with Crippen molar-refractivity contribution < 1.29 is 22.7 Å². The number of fused-ring (bicyclic) bond motifs is 4. The molecule has 0 spiro atoms. The highest BCUT2D eigenvalue weighted by Gasteiger charge is 2.25. The number of hydrogen-bond donors (Lipinski definition) is 1. The monoisotopic (exact) mass is 534 g/mol. The van der Waals surface area contributed by atoms with Crippen molar-refractivity contribution in [3.63, 3.8) is 0 Å². The second-order valence-corrected chi connectivity index (χ2v) is 11.0. The van der Waals surface area contributed by atoms with Gasteiger partial charge in [0.05, 0.1) is 0 Å². The van der Waals surface area contributed by atoms with E-state index in [1.54, 1.807) is 24.3 Å². The van der Waals surface area contributed by atoms with Crippen LogP contribution in [0, 0.1) is 11.6 Å². The zero-order chi connectivity index (χ0) is 24.6. The van der Waals surface area contributed by atoms with E-state index in [1.165, 1.54) is 47.8 Å². The van der Waals surface area contributed by atoms with Gasteiger partial charge < -0.3 is 13.9 Å². The van der Waals surface area contributed by atoms with Crippen LogP contribution in [-0.4, -0.2) is 4.89 Å². The molecule has 0 unspecified atom stereocenters. The van der Waals surface area contributed by atoms with Gasteiger partial charge in [-0.15, -0.1) is 0 Å². The van der Waals surface area contributed by atoms with Gasteiger partial charge in [-0.25, -0.2) is 8.78 Å². The van der Waals surface area contributed by atoms with Crippen molar-refractivity contribution in [3.05, 3.63) is 119 Å². The van der Waals surface area contributed by atoms with Crippen molar-refractivity contribution in [2.75, 3.05) is 0 Å². The van der Waals surface area contributed by atoms with Crippen molar-refractivity contribution in [1.29, 1.82) is 0 Å². The Kier molecular flexibility index (Phi) is 6.32. The summed E-state index contributed by atoms with van der Waals surface area (Å²) in [6.07, 6.45) is 3.53. The molecule has 0 aliphatic carbocycles. The Morgan fingerprint density at radius 2 is 1.03 bits per heavy atom. The summed E-state index contributed by atoms with van der Waals surface area (Å²) in [6, 6.07) is 24.4. The maximum absolute atomic E-state index is 14.2. The predicted molar refractivity (Wildman–Crippen MR) is 141 cm³/mol. The van der Waals surface area contributed by atoms with Gasteiger partial charge in [0.2, 0.25) is 0 Å². The van der Waals surface area contributed by atoms with Gasteiger partial charge in [0.1, 0.15) is 23.2 Å². The summed E-state index contributed by atoms with van der Waals surface area (Å²) in [7, 11) is -2.50. The molecule has 0 bridgehead atoms. The van der Waals surface area contributed by atoms with Crippen LogP contribution in [0.3, 0.4) is 0 Å². The van der Waals surface area contributed by atoms with Crippen molar-refractivity contribution in [2.24, 2.45) is 0 Å². The highest BCUT2D eigenvalue weighted by atomic mass is 32.2. The van der Waals surface area contributed by atoms with Crippen LogP contribution in [0.15, 0.2) is 105 Å². The molecule has 0 saturated carbocycles. The average Bonchev–Trinajstić information content (AvgIpc) is 3.11. The van der Waals surface area contributed by atoms with E-state index in [-0.39, 0.29) is 0 Å². The number of hydrogen-bond acceptors (Lipinski definition) is 5. The van der Waals surface area contributed by atoms with E-state index in [1.807, 2.05) is 48.5 Å². The minimum absolute atomic E-state index is 0.291. The second kappa shape index (κ2) is 9.75. The van der Waals surface area contributed by atoms with Crippen molar-refractivity contribution in [1.82, 2.24) is 0 Å². The lowest BCUT2D eigenvalue weighted by Crippen LogP contribution is -1.96. The molecule has 0 aromatic heterocycles. The Hall–Kier alpha value is -3.09. The van der Waals surface area contributed by atoms with Gasteiger partial charge in [-0.3, -0.25) is 0 Å². The third-order valence-corrected chi connectivity index (χ3v) is 8.66. The lowest BCUT2D eigenvalue weighted by Gasteiger charge is -2.18. The van der Waals surface area contributed by atoms with Gasteiger partial charge in [-0.1, -0.05) is 59.9 Å². The summed E-state index contributed by atoms with van der Waals surface area (Å²) in [5.41, 5.74) is 2.79. The first-order valence-electron chi connectivity index (χ1n) is 11.0. The van der Waals surface area contributed by atoms with Crippen LogP contribution in [0.4, 0.5) is 8.78 Å². The van der Waals surface area contributed by atoms with Crippen molar-refractivity contribution in [2.45, 2.75) is 19.6 Å². The summed E-state index contributed by atoms with van der Waals surface area (Å²) < 4.78 is 40.3. The summed E-state index contributed by atoms with van der Waals surface area (Å²) >= 11 is 2.99. The fourth-order valence-corrected chi connectivity index (χ4v) is 6.71. The fraction of sp³-hybridized carbons (Fsp3) is 0. The molecule has 4 aromatic carbocycles. The SMILES string of the molecule is OP(OC1=Cc2ccccc2Sc2ccc(F)cc21)OC1=Cc2ccccc2Sc2ccc(F)cc21. The van der Waals surface area contributed by atoms with Gasteiger partial charge in [0.15, 0.2) is 0 Å². The van der Waals surface area contributed by atoms with Crippen LogP contribution in [0.2, 0.25) is 0 Å². The van der Waals surface area contributed by atoms with E-state index >= 15 is 0 Å². The average molecular weight is 535 g/mol. The lowest BCUT2D eigenvalue weighted by atomic mass is 10.1. The molecular weight excluding hydrogens is 517 g/mol. The Morgan fingerprint density at radius 1 is 0.583 bits per heavy atom. The van der Waals surface area contributed by atoms with E-state index in [2.05, 4.69) is 0 Å². The first kappa shape index (κ1) is 23.3. The molecule has 4 aromatic rings. The maximum atomic E-state index is 14.2. The normalized spacial score (nSPS) is 13.8. The Balaban J connectivity index is 1.37. The molecule has 2 aliphatic heterocycles. The summed E-state index contributed by atoms with van der Waals surface area (Å²) in [5, 5.41) is 0. The molecule has 0 radical (unpaired) electrons. The molecule has 2 heterocycles. The molecule has 2 aliphatic rings. The standard InChI is InChI=1S/C28H17F2O3PS2/c29-19-9-11-27-21(15-19)23(13-17-5-1-3-7-25(17)35-27)32-34(31)33-24-14-18-6-2-4-8-26(18)36-28-12-10-20(30)16-22(24)28/h1-16,31H. The molecule has 6 rings (SSSR count). The van der Waals surface area contributed by atoms with Crippen LogP contribution in [0.1, 0.15) is 22.3 Å². The molecule has 0 atom stereocenters. The number of benzene rings is 4. The fourth-order valence-electron chi connectivity index (χ4n) is 3.97. The molecule has 0 fully saturated rings. The minimum Gasteiger partial charge on any atom is -0.417 e. The largest absolute Gasteiger partial charge is 0.460 e. The van der Waals surface area contributed by atoms with Gasteiger partial charge in [0, 0.05) is 30.7 Å². The van der Waals surface area contributed by atoms with E-state index in [9.17, 15) is 13.7 Å². The highest BCUT2D eigenvalue weighted by molar-refractivity contribution is 7.99. The summed E-state index contributed by atoms with van der Waals surface area (Å²) in [6.45, 7) is 0. The lowest BCUT2D eigenvalue weighted by molar-refractivity contribution is 0.348. The molecule has 36 heavy (non-hydrogen) atoms. The zero-order valence-electron chi connectivity index (χ0n) is 18.5. The van der Waals surface area contributed by atoms with Crippen LogP contribution in [0.5, 0.6) is 0 Å². The first-order chi connectivity index (χ1) is 17.5. The smallest absolute Gasteiger partial charge is 0.417 e. The Labute approximate surface area is 216 Å². The van der Waals surface area contributed by atoms with Crippen LogP contribution >= 0.6 is 32.1 Å². The van der Waals surface area contributed by atoms with Crippen molar-refractivity contribution in [3.8, 4) is 0 Å². The molecule has 8 heteroatoms. The topological polar surface area (TPSA) is 38.7 Å². The predicted octanol–water partition coefficient (Wildman–Crippen LogP) is 8.84. The van der Waals surface area contributed by atoms with Crippen LogP contribution in [0.25, 0.3) is 23.7 Å². The Bertz CT molecular complexity index is 1440. The van der Waals surface area contributed by atoms with E-state index in [4.69, 9.17) is 9.05 Å². The number of rotatable bonds is 4. The summed E-state index contributed by atoms with van der Waals surface area (Å²) in [4.78, 5) is 14.5. The highest BCUT2D eigenvalue weighted by Crippen LogP contribution is 2.50. The third-order valence-electron chi connectivity index (χ3n) is 5.62. The van der Waals surface area contributed by atoms with Crippen molar-refractivity contribution >= 4 is 55.8 Å². The quantitative estimate of drug-likeness (QED) is 0.265. The van der Waals surface area contributed by atoms with Gasteiger partial charge in [0.25, 0.3) is 0 Å². The molecule has 0 saturated heterocycles. The molecule has 3 nitrogen and oxygen atoms in total. The van der Waals surface area contributed by atoms with E-state index in [0.29, 0.717) is 22.6 Å². The molecule has 0 amide bonds. The zero-order valence-corrected chi connectivity index (χ0v) is 21.0. The van der Waals surface area contributed by atoms with Gasteiger partial charge in [-0.2, -0.15) is 0 Å². The molecular formula is C28H17F2O3PS2. The maximum Gasteiger partial charge on any atom is 0.460 e. The summed E-state index contributed by atoms with van der Waals surface area (Å²) in [5.74, 6) is -0.247. The molecule has 1 N–H and O–H groups in total.